The number of carbonyl (C=O) groups is 1. The molecule has 3 N–H and O–H groups in total. The molecule has 0 saturated carbocycles. The first-order valence-electron chi connectivity index (χ1n) is 4.39. The van der Waals surface area contributed by atoms with Gasteiger partial charge >= 0.3 is 0 Å². The number of aromatic nitrogens is 2. The van der Waals surface area contributed by atoms with Gasteiger partial charge in [-0.2, -0.15) is 4.98 Å². The lowest BCUT2D eigenvalue weighted by Gasteiger charge is -2.14. The summed E-state index contributed by atoms with van der Waals surface area (Å²) in [6.07, 6.45) is 1.21. The van der Waals surface area contributed by atoms with E-state index in [1.807, 2.05) is 13.8 Å². The van der Waals surface area contributed by atoms with Gasteiger partial charge in [-0.1, -0.05) is 19.0 Å². The van der Waals surface area contributed by atoms with E-state index in [4.69, 9.17) is 5.73 Å². The number of nitrogens with zero attached hydrogens (tertiary/aromatic N) is 2. The average Bonchev–Trinajstić information content (AvgIpc) is 2.65. The van der Waals surface area contributed by atoms with Gasteiger partial charge in [0.2, 0.25) is 12.3 Å². The van der Waals surface area contributed by atoms with Crippen molar-refractivity contribution in [1.82, 2.24) is 15.5 Å². The quantitative estimate of drug-likeness (QED) is 0.690. The molecule has 1 aromatic heterocycles. The molecule has 1 amide bonds. The van der Waals surface area contributed by atoms with Gasteiger partial charge in [0.25, 0.3) is 0 Å². The van der Waals surface area contributed by atoms with Crippen LogP contribution < -0.4 is 11.1 Å². The number of hydrogen-bond donors (Lipinski definition) is 2. The Kier molecular flexibility index (Phi) is 3.58. The highest BCUT2D eigenvalue weighted by atomic mass is 16.5. The van der Waals surface area contributed by atoms with Crippen LogP contribution in [0.2, 0.25) is 0 Å². The molecule has 14 heavy (non-hydrogen) atoms. The van der Waals surface area contributed by atoms with Gasteiger partial charge in [0.05, 0.1) is 12.6 Å². The van der Waals surface area contributed by atoms with Crippen molar-refractivity contribution in [3.8, 4) is 0 Å². The minimum atomic E-state index is -0.498. The summed E-state index contributed by atoms with van der Waals surface area (Å²) in [5, 5.41) is 6.17. The molecule has 1 heterocycles. The normalized spacial score (nSPS) is 12.9. The van der Waals surface area contributed by atoms with E-state index in [9.17, 15) is 4.79 Å². The highest BCUT2D eigenvalue weighted by Gasteiger charge is 2.16. The lowest BCUT2D eigenvalue weighted by Crippen LogP contribution is -2.43. The maximum absolute atomic E-state index is 11.4. The Morgan fingerprint density at radius 1 is 1.71 bits per heavy atom. The summed E-state index contributed by atoms with van der Waals surface area (Å²) in [4.78, 5) is 15.1. The van der Waals surface area contributed by atoms with E-state index in [2.05, 4.69) is 20.0 Å². The van der Waals surface area contributed by atoms with E-state index in [-0.39, 0.29) is 18.4 Å². The minimum Gasteiger partial charge on any atom is -0.347 e. The summed E-state index contributed by atoms with van der Waals surface area (Å²) < 4.78 is 4.51. The molecular weight excluding hydrogens is 184 g/mol. The smallest absolute Gasteiger partial charge is 0.237 e. The molecule has 0 aliphatic heterocycles. The third-order valence-corrected chi connectivity index (χ3v) is 1.85. The van der Waals surface area contributed by atoms with Crippen molar-refractivity contribution in [2.75, 3.05) is 0 Å². The number of hydrogen-bond acceptors (Lipinski definition) is 5. The lowest BCUT2D eigenvalue weighted by molar-refractivity contribution is -0.123. The van der Waals surface area contributed by atoms with Crippen LogP contribution in [0.3, 0.4) is 0 Å². The van der Waals surface area contributed by atoms with Crippen molar-refractivity contribution in [3.63, 3.8) is 0 Å². The molecule has 1 aromatic rings. The first-order chi connectivity index (χ1) is 6.61. The largest absolute Gasteiger partial charge is 0.347 e. The summed E-state index contributed by atoms with van der Waals surface area (Å²) in [6.45, 7) is 4.02. The van der Waals surface area contributed by atoms with E-state index in [1.165, 1.54) is 6.39 Å². The zero-order valence-corrected chi connectivity index (χ0v) is 8.23. The van der Waals surface area contributed by atoms with E-state index >= 15 is 0 Å². The Balaban J connectivity index is 2.35. The number of nitrogens with two attached hydrogens (primary N) is 1. The predicted molar refractivity (Wildman–Crippen MR) is 49.0 cm³/mol. The third-order valence-electron chi connectivity index (χ3n) is 1.85. The van der Waals surface area contributed by atoms with Gasteiger partial charge in [0.15, 0.2) is 5.82 Å². The van der Waals surface area contributed by atoms with Crippen LogP contribution in [0.15, 0.2) is 10.9 Å². The van der Waals surface area contributed by atoms with Gasteiger partial charge < -0.3 is 15.6 Å². The second-order valence-corrected chi connectivity index (χ2v) is 3.34. The van der Waals surface area contributed by atoms with E-state index in [0.717, 1.165) is 0 Å². The predicted octanol–water partition coefficient (Wildman–Crippen LogP) is -0.331. The summed E-state index contributed by atoms with van der Waals surface area (Å²) >= 11 is 0. The van der Waals surface area contributed by atoms with Crippen molar-refractivity contribution in [2.24, 2.45) is 11.7 Å². The Labute approximate surface area is 81.9 Å². The van der Waals surface area contributed by atoms with Crippen molar-refractivity contribution in [3.05, 3.63) is 12.2 Å². The number of carbonyl (C=O) groups excluding carboxylic acids is 1. The molecule has 0 aromatic carbocycles. The molecule has 0 aliphatic rings. The minimum absolute atomic E-state index is 0.111. The molecule has 0 fully saturated rings. The van der Waals surface area contributed by atoms with Crippen molar-refractivity contribution in [1.29, 1.82) is 0 Å². The highest BCUT2D eigenvalue weighted by Crippen LogP contribution is 1.98. The molecule has 0 bridgehead atoms. The van der Waals surface area contributed by atoms with E-state index < -0.39 is 6.04 Å². The van der Waals surface area contributed by atoms with Crippen LogP contribution >= 0.6 is 0 Å². The monoisotopic (exact) mass is 198 g/mol. The van der Waals surface area contributed by atoms with Crippen LogP contribution in [0.4, 0.5) is 0 Å². The van der Waals surface area contributed by atoms with Crippen LogP contribution in [-0.2, 0) is 11.3 Å². The SMILES string of the molecule is CC(C)C(N)C(=O)NCc1ncon1. The van der Waals surface area contributed by atoms with Gasteiger partial charge in [0.1, 0.15) is 0 Å². The van der Waals surface area contributed by atoms with Crippen molar-refractivity contribution >= 4 is 5.91 Å². The second-order valence-electron chi connectivity index (χ2n) is 3.34. The molecule has 0 spiro atoms. The summed E-state index contributed by atoms with van der Waals surface area (Å²) in [7, 11) is 0. The standard InChI is InChI=1S/C8H14N4O2/c1-5(2)7(9)8(13)10-3-6-11-4-14-12-6/h4-5,7H,3,9H2,1-2H3,(H,10,13). The molecule has 1 rings (SSSR count). The van der Waals surface area contributed by atoms with Crippen molar-refractivity contribution < 1.29 is 9.32 Å². The summed E-state index contributed by atoms with van der Waals surface area (Å²) in [5.74, 6) is 0.347. The third kappa shape index (κ3) is 2.81. The maximum Gasteiger partial charge on any atom is 0.237 e. The zero-order chi connectivity index (χ0) is 10.6. The van der Waals surface area contributed by atoms with Crippen LogP contribution in [-0.4, -0.2) is 22.1 Å². The number of nitrogens with one attached hydrogen (secondary N) is 1. The molecule has 0 saturated heterocycles. The summed E-state index contributed by atoms with van der Waals surface area (Å²) in [5.41, 5.74) is 5.62. The lowest BCUT2D eigenvalue weighted by atomic mass is 10.1. The fourth-order valence-electron chi connectivity index (χ4n) is 0.857. The molecule has 0 aliphatic carbocycles. The second kappa shape index (κ2) is 4.71. The molecular formula is C8H14N4O2. The Morgan fingerprint density at radius 2 is 2.43 bits per heavy atom. The van der Waals surface area contributed by atoms with Gasteiger partial charge in [-0.25, -0.2) is 0 Å². The highest BCUT2D eigenvalue weighted by molar-refractivity contribution is 5.81. The Hall–Kier alpha value is -1.43. The fourth-order valence-corrected chi connectivity index (χ4v) is 0.857. The number of amides is 1. The van der Waals surface area contributed by atoms with Crippen molar-refractivity contribution in [2.45, 2.75) is 26.4 Å². The first-order valence-corrected chi connectivity index (χ1v) is 4.39. The molecule has 78 valence electrons. The van der Waals surface area contributed by atoms with Gasteiger partial charge in [0, 0.05) is 0 Å². The zero-order valence-electron chi connectivity index (χ0n) is 8.23. The molecule has 1 atom stereocenters. The van der Waals surface area contributed by atoms with Crippen LogP contribution in [0.1, 0.15) is 19.7 Å². The van der Waals surface area contributed by atoms with Crippen LogP contribution in [0.5, 0.6) is 0 Å². The molecule has 1 unspecified atom stereocenters. The Morgan fingerprint density at radius 3 is 2.93 bits per heavy atom. The fraction of sp³-hybridized carbons (Fsp3) is 0.625. The van der Waals surface area contributed by atoms with Gasteiger partial charge in [-0.15, -0.1) is 0 Å². The van der Waals surface area contributed by atoms with Crippen LogP contribution in [0.25, 0.3) is 0 Å². The first kappa shape index (κ1) is 10.6. The maximum atomic E-state index is 11.4. The molecule has 0 radical (unpaired) electrons. The summed E-state index contributed by atoms with van der Waals surface area (Å²) in [6, 6.07) is -0.498. The Bertz CT molecular complexity index is 284. The molecule has 6 nitrogen and oxygen atoms in total. The van der Waals surface area contributed by atoms with E-state index in [1.54, 1.807) is 0 Å². The molecule has 6 heteroatoms. The van der Waals surface area contributed by atoms with Gasteiger partial charge in [-0.05, 0) is 5.92 Å². The van der Waals surface area contributed by atoms with Crippen LogP contribution in [0, 0.1) is 5.92 Å². The van der Waals surface area contributed by atoms with E-state index in [0.29, 0.717) is 5.82 Å². The van der Waals surface area contributed by atoms with Gasteiger partial charge in [-0.3, -0.25) is 4.79 Å². The number of rotatable bonds is 4. The average molecular weight is 198 g/mol. The topological polar surface area (TPSA) is 94.0 Å².